The lowest BCUT2D eigenvalue weighted by Crippen LogP contribution is -2.13. The van der Waals surface area contributed by atoms with Crippen molar-refractivity contribution in [3.63, 3.8) is 0 Å². The molecule has 0 saturated carbocycles. The second-order valence-corrected chi connectivity index (χ2v) is 6.68. The van der Waals surface area contributed by atoms with Crippen LogP contribution in [0.15, 0.2) is 40.9 Å². The summed E-state index contributed by atoms with van der Waals surface area (Å²) in [6.07, 6.45) is 1.17. The summed E-state index contributed by atoms with van der Waals surface area (Å²) in [6.45, 7) is 2.06. The van der Waals surface area contributed by atoms with Crippen molar-refractivity contribution in [2.75, 3.05) is 5.33 Å². The Labute approximate surface area is 140 Å². The fourth-order valence-corrected chi connectivity index (χ4v) is 3.21. The summed E-state index contributed by atoms with van der Waals surface area (Å²) in [4.78, 5) is 0. The first-order valence-corrected chi connectivity index (χ1v) is 8.67. The van der Waals surface area contributed by atoms with Gasteiger partial charge in [0.15, 0.2) is 0 Å². The van der Waals surface area contributed by atoms with Gasteiger partial charge in [0.25, 0.3) is 0 Å². The predicted octanol–water partition coefficient (Wildman–Crippen LogP) is 5.83. The van der Waals surface area contributed by atoms with E-state index in [0.717, 1.165) is 6.42 Å². The maximum atomic E-state index is 14.1. The van der Waals surface area contributed by atoms with Crippen LogP contribution < -0.4 is 0 Å². The molecule has 0 aliphatic carbocycles. The normalized spacial score (nSPS) is 12.4. The second-order valence-electron chi connectivity index (χ2n) is 5.18. The number of benzene rings is 2. The van der Waals surface area contributed by atoms with Crippen molar-refractivity contribution in [3.05, 3.63) is 69.2 Å². The molecule has 0 saturated heterocycles. The van der Waals surface area contributed by atoms with Gasteiger partial charge in [-0.2, -0.15) is 0 Å². The Morgan fingerprint density at radius 1 is 1.05 bits per heavy atom. The molecular weight excluding hydrogens is 402 g/mol. The molecule has 2 rings (SSSR count). The first-order valence-electron chi connectivity index (χ1n) is 6.75. The Morgan fingerprint density at radius 2 is 1.76 bits per heavy atom. The first-order chi connectivity index (χ1) is 10.0. The van der Waals surface area contributed by atoms with Crippen molar-refractivity contribution >= 4 is 31.9 Å². The highest BCUT2D eigenvalue weighted by Crippen LogP contribution is 2.26. The van der Waals surface area contributed by atoms with Crippen LogP contribution in [0.1, 0.15) is 16.7 Å². The third-order valence-corrected chi connectivity index (χ3v) is 5.15. The summed E-state index contributed by atoms with van der Waals surface area (Å²) in [5, 5.41) is 0.701. The molecule has 0 bridgehead atoms. The summed E-state index contributed by atoms with van der Waals surface area (Å²) >= 11 is 6.58. The van der Waals surface area contributed by atoms with Crippen molar-refractivity contribution in [3.8, 4) is 0 Å². The zero-order valence-electron chi connectivity index (χ0n) is 11.7. The van der Waals surface area contributed by atoms with Crippen LogP contribution >= 0.6 is 31.9 Å². The van der Waals surface area contributed by atoms with Gasteiger partial charge in [0, 0.05) is 10.9 Å². The van der Waals surface area contributed by atoms with Gasteiger partial charge in [-0.15, -0.1) is 0 Å². The zero-order valence-corrected chi connectivity index (χ0v) is 14.8. The molecule has 1 unspecified atom stereocenters. The quantitative estimate of drug-likeness (QED) is 0.424. The third kappa shape index (κ3) is 4.13. The summed E-state index contributed by atoms with van der Waals surface area (Å²) in [7, 11) is 0. The molecule has 0 amide bonds. The average molecular weight is 418 g/mol. The van der Waals surface area contributed by atoms with Crippen molar-refractivity contribution in [2.45, 2.75) is 19.8 Å². The highest BCUT2D eigenvalue weighted by Gasteiger charge is 2.18. The van der Waals surface area contributed by atoms with Crippen LogP contribution in [0.2, 0.25) is 0 Å². The Balaban J connectivity index is 2.21. The Bertz CT molecular complexity index is 626. The standard InChI is InChI=1S/C17H16Br2F2/c1-11-4-2-3-5-13(11)8-12(10-18)9-14-16(20)7-6-15(19)17(14)21/h2-7,12H,8-10H2,1H3. The number of hydrogen-bond donors (Lipinski definition) is 0. The maximum Gasteiger partial charge on any atom is 0.143 e. The van der Waals surface area contributed by atoms with Gasteiger partial charge in [-0.05, 0) is 64.9 Å². The highest BCUT2D eigenvalue weighted by molar-refractivity contribution is 9.10. The maximum absolute atomic E-state index is 14.1. The van der Waals surface area contributed by atoms with Crippen LogP contribution in [0.5, 0.6) is 0 Å². The van der Waals surface area contributed by atoms with E-state index in [2.05, 4.69) is 50.9 Å². The molecule has 112 valence electrons. The number of aryl methyl sites for hydroxylation is 1. The molecule has 21 heavy (non-hydrogen) atoms. The van der Waals surface area contributed by atoms with Gasteiger partial charge in [-0.1, -0.05) is 40.2 Å². The topological polar surface area (TPSA) is 0 Å². The highest BCUT2D eigenvalue weighted by atomic mass is 79.9. The van der Waals surface area contributed by atoms with Crippen LogP contribution in [0.4, 0.5) is 8.78 Å². The van der Waals surface area contributed by atoms with Crippen LogP contribution in [0.25, 0.3) is 0 Å². The van der Waals surface area contributed by atoms with Gasteiger partial charge in [0.1, 0.15) is 11.6 Å². The van der Waals surface area contributed by atoms with Crippen molar-refractivity contribution in [1.82, 2.24) is 0 Å². The largest absolute Gasteiger partial charge is 0.207 e. The molecule has 1 atom stereocenters. The molecular formula is C17H16Br2F2. The summed E-state index contributed by atoms with van der Waals surface area (Å²) in [6, 6.07) is 10.8. The smallest absolute Gasteiger partial charge is 0.143 e. The molecule has 0 fully saturated rings. The van der Waals surface area contributed by atoms with Crippen LogP contribution in [0, 0.1) is 24.5 Å². The van der Waals surface area contributed by atoms with E-state index >= 15 is 0 Å². The molecule has 0 N–H and O–H groups in total. The molecule has 2 aromatic carbocycles. The fraction of sp³-hybridized carbons (Fsp3) is 0.294. The van der Waals surface area contributed by atoms with Crippen LogP contribution in [-0.4, -0.2) is 5.33 Å². The Kier molecular flexibility index (Phi) is 5.94. The Morgan fingerprint density at radius 3 is 2.43 bits per heavy atom. The molecule has 4 heteroatoms. The molecule has 2 aromatic rings. The van der Waals surface area contributed by atoms with Crippen molar-refractivity contribution < 1.29 is 8.78 Å². The number of rotatable bonds is 5. The van der Waals surface area contributed by atoms with Crippen molar-refractivity contribution in [1.29, 1.82) is 0 Å². The minimum absolute atomic E-state index is 0.143. The molecule has 0 aliphatic rings. The fourth-order valence-electron chi connectivity index (χ4n) is 2.38. The number of halogens is 4. The van der Waals surface area contributed by atoms with Gasteiger partial charge < -0.3 is 0 Å². The van der Waals surface area contributed by atoms with Gasteiger partial charge in [-0.25, -0.2) is 8.78 Å². The van der Waals surface area contributed by atoms with E-state index in [1.54, 1.807) is 0 Å². The van der Waals surface area contributed by atoms with E-state index in [1.807, 2.05) is 12.1 Å². The predicted molar refractivity (Wildman–Crippen MR) is 89.9 cm³/mol. The van der Waals surface area contributed by atoms with Crippen LogP contribution in [-0.2, 0) is 12.8 Å². The lowest BCUT2D eigenvalue weighted by atomic mass is 9.92. The van der Waals surface area contributed by atoms with E-state index in [0.29, 0.717) is 16.2 Å². The minimum Gasteiger partial charge on any atom is -0.207 e. The van der Waals surface area contributed by atoms with Gasteiger partial charge >= 0.3 is 0 Å². The van der Waals surface area contributed by atoms with Gasteiger partial charge in [0.05, 0.1) is 4.47 Å². The van der Waals surface area contributed by atoms with Crippen molar-refractivity contribution in [2.24, 2.45) is 5.92 Å². The molecule has 0 nitrogen and oxygen atoms in total. The molecule has 0 aliphatic heterocycles. The van der Waals surface area contributed by atoms with E-state index < -0.39 is 11.6 Å². The summed E-state index contributed by atoms with van der Waals surface area (Å²) < 4.78 is 28.3. The summed E-state index contributed by atoms with van der Waals surface area (Å²) in [5.41, 5.74) is 2.58. The minimum atomic E-state index is -0.495. The lowest BCUT2D eigenvalue weighted by molar-refractivity contribution is 0.507. The zero-order chi connectivity index (χ0) is 15.4. The lowest BCUT2D eigenvalue weighted by Gasteiger charge is -2.17. The monoisotopic (exact) mass is 416 g/mol. The van der Waals surface area contributed by atoms with E-state index in [-0.39, 0.29) is 11.5 Å². The molecule has 0 spiro atoms. The van der Waals surface area contributed by atoms with Gasteiger partial charge in [-0.3, -0.25) is 0 Å². The second kappa shape index (κ2) is 7.50. The van der Waals surface area contributed by atoms with E-state index in [4.69, 9.17) is 0 Å². The molecule has 0 heterocycles. The third-order valence-electron chi connectivity index (χ3n) is 3.62. The summed E-state index contributed by atoms with van der Waals surface area (Å²) in [5.74, 6) is -0.832. The molecule has 0 radical (unpaired) electrons. The average Bonchev–Trinajstić information content (AvgIpc) is 2.48. The SMILES string of the molecule is Cc1ccccc1CC(CBr)Cc1c(F)ccc(Br)c1F. The van der Waals surface area contributed by atoms with Gasteiger partial charge in [0.2, 0.25) is 0 Å². The Hall–Kier alpha value is -0.740. The number of alkyl halides is 1. The van der Waals surface area contributed by atoms with E-state index in [9.17, 15) is 8.78 Å². The number of hydrogen-bond acceptors (Lipinski definition) is 0. The van der Waals surface area contributed by atoms with Crippen LogP contribution in [0.3, 0.4) is 0 Å². The van der Waals surface area contributed by atoms with E-state index in [1.165, 1.54) is 23.3 Å². The first kappa shape index (κ1) is 16.6. The molecule has 0 aromatic heterocycles.